The van der Waals surface area contributed by atoms with Crippen molar-refractivity contribution >= 4 is 22.5 Å². The Bertz CT molecular complexity index is 485. The fraction of sp³-hybridized carbons (Fsp3) is 0.200. The van der Waals surface area contributed by atoms with Crippen LogP contribution in [0.3, 0.4) is 0 Å². The van der Waals surface area contributed by atoms with Gasteiger partial charge in [0, 0.05) is 11.5 Å². The molecule has 72 valence electrons. The molecular formula is C10H9ClN2O. The lowest BCUT2D eigenvalue weighted by Crippen LogP contribution is -1.91. The highest BCUT2D eigenvalue weighted by atomic mass is 35.5. The minimum atomic E-state index is 0.499. The lowest BCUT2D eigenvalue weighted by atomic mass is 10.1. The monoisotopic (exact) mass is 208 g/mol. The number of aryl methyl sites for hydroxylation is 1. The van der Waals surface area contributed by atoms with Crippen molar-refractivity contribution < 1.29 is 4.74 Å². The van der Waals surface area contributed by atoms with Crippen molar-refractivity contribution in [2.45, 2.75) is 6.92 Å². The number of hydrogen-bond donors (Lipinski definition) is 0. The molecule has 14 heavy (non-hydrogen) atoms. The van der Waals surface area contributed by atoms with E-state index >= 15 is 0 Å². The van der Waals surface area contributed by atoms with Crippen molar-refractivity contribution in [1.82, 2.24) is 10.2 Å². The molecule has 1 aromatic heterocycles. The van der Waals surface area contributed by atoms with E-state index in [1.54, 1.807) is 7.11 Å². The van der Waals surface area contributed by atoms with E-state index in [1.165, 1.54) is 0 Å². The van der Waals surface area contributed by atoms with E-state index in [0.717, 1.165) is 10.9 Å². The summed E-state index contributed by atoms with van der Waals surface area (Å²) >= 11 is 6.01. The maximum absolute atomic E-state index is 6.01. The summed E-state index contributed by atoms with van der Waals surface area (Å²) in [6.45, 7) is 1.98. The average molecular weight is 209 g/mol. The first-order valence-electron chi connectivity index (χ1n) is 4.18. The van der Waals surface area contributed by atoms with Gasteiger partial charge in [-0.25, -0.2) is 0 Å². The molecule has 0 saturated heterocycles. The van der Waals surface area contributed by atoms with Crippen LogP contribution in [-0.2, 0) is 0 Å². The Morgan fingerprint density at radius 3 is 2.71 bits per heavy atom. The molecule has 1 heterocycles. The fourth-order valence-electron chi connectivity index (χ4n) is 1.34. The Labute approximate surface area is 86.7 Å². The highest BCUT2D eigenvalue weighted by molar-refractivity contribution is 6.35. The van der Waals surface area contributed by atoms with Crippen molar-refractivity contribution in [2.24, 2.45) is 0 Å². The molecule has 2 aromatic rings. The Morgan fingerprint density at radius 2 is 2.00 bits per heavy atom. The number of methoxy groups -OCH3 is 1. The minimum absolute atomic E-state index is 0.499. The van der Waals surface area contributed by atoms with Gasteiger partial charge in [0.2, 0.25) is 5.88 Å². The second-order valence-electron chi connectivity index (χ2n) is 3.07. The first-order chi connectivity index (χ1) is 6.70. The SMILES string of the molecule is COc1cc2cc(C)cc(Cl)c2nn1. The molecular weight excluding hydrogens is 200 g/mol. The van der Waals surface area contributed by atoms with Gasteiger partial charge in [0.15, 0.2) is 0 Å². The molecule has 0 unspecified atom stereocenters. The standard InChI is InChI=1S/C10H9ClN2O/c1-6-3-7-5-9(14-2)12-13-10(7)8(11)4-6/h3-5H,1-2H3. The lowest BCUT2D eigenvalue weighted by Gasteiger charge is -2.02. The summed E-state index contributed by atoms with van der Waals surface area (Å²) in [4.78, 5) is 0. The second kappa shape index (κ2) is 3.42. The molecule has 0 spiro atoms. The van der Waals surface area contributed by atoms with Gasteiger partial charge < -0.3 is 4.74 Å². The average Bonchev–Trinajstić information content (AvgIpc) is 2.16. The molecule has 0 aliphatic heterocycles. The molecule has 2 rings (SSSR count). The van der Waals surface area contributed by atoms with Gasteiger partial charge in [0.25, 0.3) is 0 Å². The van der Waals surface area contributed by atoms with E-state index in [4.69, 9.17) is 16.3 Å². The molecule has 0 amide bonds. The molecule has 0 atom stereocenters. The third kappa shape index (κ3) is 1.51. The van der Waals surface area contributed by atoms with Crippen molar-refractivity contribution in [2.75, 3.05) is 7.11 Å². The van der Waals surface area contributed by atoms with Crippen LogP contribution in [0.1, 0.15) is 5.56 Å². The van der Waals surface area contributed by atoms with E-state index in [9.17, 15) is 0 Å². The summed E-state index contributed by atoms with van der Waals surface area (Å²) in [5, 5.41) is 9.41. The van der Waals surface area contributed by atoms with Crippen LogP contribution in [0.2, 0.25) is 5.02 Å². The van der Waals surface area contributed by atoms with Crippen molar-refractivity contribution in [3.05, 3.63) is 28.8 Å². The summed E-state index contributed by atoms with van der Waals surface area (Å²) in [7, 11) is 1.56. The van der Waals surface area contributed by atoms with Gasteiger partial charge in [-0.3, -0.25) is 0 Å². The molecule has 0 fully saturated rings. The molecule has 3 nitrogen and oxygen atoms in total. The molecule has 0 bridgehead atoms. The number of ether oxygens (including phenoxy) is 1. The Hall–Kier alpha value is -1.35. The lowest BCUT2D eigenvalue weighted by molar-refractivity contribution is 0.393. The highest BCUT2D eigenvalue weighted by Crippen LogP contribution is 2.24. The van der Waals surface area contributed by atoms with Crippen LogP contribution in [-0.4, -0.2) is 17.3 Å². The van der Waals surface area contributed by atoms with Gasteiger partial charge in [0.05, 0.1) is 12.1 Å². The zero-order chi connectivity index (χ0) is 10.1. The zero-order valence-electron chi connectivity index (χ0n) is 7.91. The molecule has 0 saturated carbocycles. The quantitative estimate of drug-likeness (QED) is 0.723. The maximum atomic E-state index is 6.01. The number of rotatable bonds is 1. The van der Waals surface area contributed by atoms with Crippen LogP contribution in [0.15, 0.2) is 18.2 Å². The number of hydrogen-bond acceptors (Lipinski definition) is 3. The van der Waals surface area contributed by atoms with Gasteiger partial charge in [-0.2, -0.15) is 0 Å². The van der Waals surface area contributed by atoms with Crippen LogP contribution in [0, 0.1) is 6.92 Å². The summed E-state index contributed by atoms with van der Waals surface area (Å²) < 4.78 is 4.99. The van der Waals surface area contributed by atoms with E-state index in [2.05, 4.69) is 10.2 Å². The second-order valence-corrected chi connectivity index (χ2v) is 3.48. The molecule has 4 heteroatoms. The predicted molar refractivity (Wildman–Crippen MR) is 55.8 cm³/mol. The molecule has 0 aliphatic carbocycles. The van der Waals surface area contributed by atoms with Crippen LogP contribution >= 0.6 is 11.6 Å². The third-order valence-corrected chi connectivity index (χ3v) is 2.26. The fourth-order valence-corrected chi connectivity index (χ4v) is 1.66. The summed E-state index contributed by atoms with van der Waals surface area (Å²) in [5.74, 6) is 0.499. The van der Waals surface area contributed by atoms with E-state index in [0.29, 0.717) is 16.4 Å². The van der Waals surface area contributed by atoms with E-state index < -0.39 is 0 Å². The highest BCUT2D eigenvalue weighted by Gasteiger charge is 2.04. The molecule has 0 N–H and O–H groups in total. The van der Waals surface area contributed by atoms with Gasteiger partial charge in [-0.05, 0) is 24.6 Å². The van der Waals surface area contributed by atoms with Crippen LogP contribution in [0.5, 0.6) is 5.88 Å². The largest absolute Gasteiger partial charge is 0.480 e. The van der Waals surface area contributed by atoms with Crippen LogP contribution in [0.4, 0.5) is 0 Å². The van der Waals surface area contributed by atoms with Gasteiger partial charge in [-0.1, -0.05) is 11.6 Å². The zero-order valence-corrected chi connectivity index (χ0v) is 8.67. The van der Waals surface area contributed by atoms with Crippen molar-refractivity contribution in [3.63, 3.8) is 0 Å². The predicted octanol–water partition coefficient (Wildman–Crippen LogP) is 2.60. The molecule has 1 aromatic carbocycles. The van der Waals surface area contributed by atoms with Crippen molar-refractivity contribution in [1.29, 1.82) is 0 Å². The van der Waals surface area contributed by atoms with E-state index in [-0.39, 0.29) is 0 Å². The smallest absolute Gasteiger partial charge is 0.233 e. The normalized spacial score (nSPS) is 10.5. The Balaban J connectivity index is 2.75. The number of fused-ring (bicyclic) bond motifs is 1. The van der Waals surface area contributed by atoms with Crippen LogP contribution in [0.25, 0.3) is 10.9 Å². The summed E-state index contributed by atoms with van der Waals surface area (Å²) in [5.41, 5.74) is 1.80. The molecule has 0 radical (unpaired) electrons. The topological polar surface area (TPSA) is 35.0 Å². The number of nitrogens with zero attached hydrogens (tertiary/aromatic N) is 2. The van der Waals surface area contributed by atoms with Gasteiger partial charge in [-0.15, -0.1) is 10.2 Å². The first kappa shape index (κ1) is 9.21. The summed E-state index contributed by atoms with van der Waals surface area (Å²) in [6, 6.07) is 5.69. The van der Waals surface area contributed by atoms with Gasteiger partial charge >= 0.3 is 0 Å². The van der Waals surface area contributed by atoms with Crippen LogP contribution < -0.4 is 4.74 Å². The summed E-state index contributed by atoms with van der Waals surface area (Å²) in [6.07, 6.45) is 0. The maximum Gasteiger partial charge on any atom is 0.233 e. The number of halogens is 1. The van der Waals surface area contributed by atoms with Gasteiger partial charge in [0.1, 0.15) is 5.52 Å². The molecule has 0 aliphatic rings. The van der Waals surface area contributed by atoms with Crippen molar-refractivity contribution in [3.8, 4) is 5.88 Å². The first-order valence-corrected chi connectivity index (χ1v) is 4.56. The third-order valence-electron chi connectivity index (χ3n) is 1.97. The Kier molecular flexibility index (Phi) is 2.25. The number of aromatic nitrogens is 2. The minimum Gasteiger partial charge on any atom is -0.480 e. The Morgan fingerprint density at radius 1 is 1.21 bits per heavy atom. The van der Waals surface area contributed by atoms with E-state index in [1.807, 2.05) is 25.1 Å². The number of benzene rings is 1.